The third-order valence-electron chi connectivity index (χ3n) is 4.46. The highest BCUT2D eigenvalue weighted by Gasteiger charge is 2.32. The molecule has 0 spiro atoms. The second-order valence-corrected chi connectivity index (χ2v) is 7.68. The summed E-state index contributed by atoms with van der Waals surface area (Å²) in [6, 6.07) is 6.53. The fourth-order valence-corrected chi connectivity index (χ4v) is 3.49. The van der Waals surface area contributed by atoms with Gasteiger partial charge in [0.25, 0.3) is 5.91 Å². The first kappa shape index (κ1) is 28.2. The van der Waals surface area contributed by atoms with Gasteiger partial charge in [-0.1, -0.05) is 17.7 Å². The van der Waals surface area contributed by atoms with Crippen molar-refractivity contribution in [2.75, 3.05) is 30.8 Å². The minimum atomic E-state index is -1.53. The van der Waals surface area contributed by atoms with Gasteiger partial charge in [0.1, 0.15) is 28.6 Å². The lowest BCUT2D eigenvalue weighted by atomic mass is 10.2. The summed E-state index contributed by atoms with van der Waals surface area (Å²) >= 11 is 12.7. The van der Waals surface area contributed by atoms with Gasteiger partial charge in [0.05, 0.1) is 31.5 Å². The first-order chi connectivity index (χ1) is 16.8. The predicted octanol–water partition coefficient (Wildman–Crippen LogP) is 6.16. The molecule has 0 aliphatic heterocycles. The number of benzene rings is 2. The monoisotopic (exact) mass is 525 g/mol. The van der Waals surface area contributed by atoms with E-state index in [1.807, 2.05) is 6.92 Å². The Morgan fingerprint density at radius 3 is 1.91 bits per heavy atom. The van der Waals surface area contributed by atoms with E-state index < -0.39 is 17.7 Å². The van der Waals surface area contributed by atoms with Crippen molar-refractivity contribution in [3.63, 3.8) is 0 Å². The van der Waals surface area contributed by atoms with E-state index in [1.54, 1.807) is 45.0 Å². The molecule has 2 rings (SSSR count). The highest BCUT2D eigenvalue weighted by Crippen LogP contribution is 2.41. The molecule has 35 heavy (non-hydrogen) atoms. The third-order valence-corrected chi connectivity index (χ3v) is 5.10. The van der Waals surface area contributed by atoms with Crippen molar-refractivity contribution in [2.24, 2.45) is 10.2 Å². The van der Waals surface area contributed by atoms with Crippen LogP contribution < -0.4 is 23.4 Å². The number of ketones is 1. The van der Waals surface area contributed by atoms with Crippen molar-refractivity contribution >= 4 is 46.4 Å². The molecule has 0 bridgehead atoms. The van der Waals surface area contributed by atoms with Crippen molar-refractivity contribution in [2.45, 2.75) is 40.7 Å². The van der Waals surface area contributed by atoms with Crippen molar-refractivity contribution < 1.29 is 28.5 Å². The van der Waals surface area contributed by atoms with Crippen LogP contribution in [0.5, 0.6) is 23.0 Å². The predicted molar refractivity (Wildman–Crippen MR) is 135 cm³/mol. The standard InChI is InChI=1S/C24H29Cl2N3O6/c1-6-32-18-11-10-12-19(33-7-2)23(18)29(26)24(31)22(15(5)30)28-27-17-13-16(25)20(34-8-3)14-21(17)35-9-4/h10-14,22H,6-9H2,1-5H3. The molecule has 9 nitrogen and oxygen atoms in total. The quantitative estimate of drug-likeness (QED) is 0.176. The van der Waals surface area contributed by atoms with E-state index in [1.165, 1.54) is 13.0 Å². The Morgan fingerprint density at radius 1 is 0.886 bits per heavy atom. The van der Waals surface area contributed by atoms with E-state index in [0.717, 1.165) is 4.42 Å². The molecule has 1 atom stereocenters. The van der Waals surface area contributed by atoms with E-state index in [4.69, 9.17) is 42.3 Å². The van der Waals surface area contributed by atoms with Gasteiger partial charge < -0.3 is 18.9 Å². The molecule has 0 radical (unpaired) electrons. The minimum Gasteiger partial charge on any atom is -0.492 e. The topological polar surface area (TPSA) is 99.0 Å². The summed E-state index contributed by atoms with van der Waals surface area (Å²) in [5, 5.41) is 8.36. The molecule has 2 aromatic carbocycles. The van der Waals surface area contributed by atoms with Gasteiger partial charge >= 0.3 is 0 Å². The molecule has 0 aromatic heterocycles. The summed E-state index contributed by atoms with van der Waals surface area (Å²) in [6.45, 7) is 9.84. The molecule has 1 amide bonds. The minimum absolute atomic E-state index is 0.170. The summed E-state index contributed by atoms with van der Waals surface area (Å²) in [4.78, 5) is 25.6. The SMILES string of the molecule is CCOc1cc(OCC)c(N=NC(C(C)=O)C(=O)N(Cl)c2c(OCC)cccc2OCC)cc1Cl. The second kappa shape index (κ2) is 13.7. The van der Waals surface area contributed by atoms with Gasteiger partial charge in [0.15, 0.2) is 11.5 Å². The van der Waals surface area contributed by atoms with Gasteiger partial charge in [-0.25, -0.2) is 4.42 Å². The molecular formula is C24H29Cl2N3O6. The van der Waals surface area contributed by atoms with Gasteiger partial charge in [0, 0.05) is 17.8 Å². The fraction of sp³-hybridized carbons (Fsp3) is 0.417. The van der Waals surface area contributed by atoms with Crippen LogP contribution in [0.4, 0.5) is 11.4 Å². The lowest BCUT2D eigenvalue weighted by Gasteiger charge is -2.22. The number of anilines is 1. The Bertz CT molecular complexity index is 1040. The van der Waals surface area contributed by atoms with E-state index in [9.17, 15) is 9.59 Å². The summed E-state index contributed by atoms with van der Waals surface area (Å²) < 4.78 is 23.1. The van der Waals surface area contributed by atoms with E-state index >= 15 is 0 Å². The van der Waals surface area contributed by atoms with Crippen LogP contribution in [0.15, 0.2) is 40.6 Å². The van der Waals surface area contributed by atoms with Crippen LogP contribution in [0, 0.1) is 0 Å². The zero-order valence-electron chi connectivity index (χ0n) is 20.3. The number of azo groups is 1. The molecule has 0 N–H and O–H groups in total. The van der Waals surface area contributed by atoms with E-state index in [0.29, 0.717) is 49.4 Å². The average Bonchev–Trinajstić information content (AvgIpc) is 2.82. The Balaban J connectivity index is 2.45. The lowest BCUT2D eigenvalue weighted by Crippen LogP contribution is -2.36. The van der Waals surface area contributed by atoms with E-state index in [2.05, 4.69) is 10.2 Å². The van der Waals surface area contributed by atoms with Crippen molar-refractivity contribution in [3.8, 4) is 23.0 Å². The molecule has 0 saturated carbocycles. The van der Waals surface area contributed by atoms with Gasteiger partial charge in [-0.05, 0) is 52.8 Å². The van der Waals surface area contributed by atoms with Crippen LogP contribution in [0.1, 0.15) is 34.6 Å². The summed E-state index contributed by atoms with van der Waals surface area (Å²) in [5.41, 5.74) is 0.397. The van der Waals surface area contributed by atoms with Crippen molar-refractivity contribution in [1.82, 2.24) is 0 Å². The molecule has 0 fully saturated rings. The number of halogens is 2. The van der Waals surface area contributed by atoms with Gasteiger partial charge in [-0.2, -0.15) is 10.2 Å². The Labute approximate surface area is 215 Å². The van der Waals surface area contributed by atoms with E-state index in [-0.39, 0.29) is 16.4 Å². The number of hydrogen-bond acceptors (Lipinski definition) is 8. The highest BCUT2D eigenvalue weighted by molar-refractivity contribution is 6.40. The van der Waals surface area contributed by atoms with Crippen LogP contribution in [-0.2, 0) is 9.59 Å². The molecular weight excluding hydrogens is 497 g/mol. The largest absolute Gasteiger partial charge is 0.492 e. The smallest absolute Gasteiger partial charge is 0.276 e. The third kappa shape index (κ3) is 7.22. The number of Topliss-reactive ketones (excluding diaryl/α,β-unsaturated/α-hetero) is 1. The van der Waals surface area contributed by atoms with Crippen LogP contribution in [-0.4, -0.2) is 44.2 Å². The summed E-state index contributed by atoms with van der Waals surface area (Å²) in [6.07, 6.45) is 0. The second-order valence-electron chi connectivity index (χ2n) is 6.93. The first-order valence-corrected chi connectivity index (χ1v) is 11.9. The molecule has 190 valence electrons. The van der Waals surface area contributed by atoms with Crippen LogP contribution in [0.3, 0.4) is 0 Å². The number of ether oxygens (including phenoxy) is 4. The zero-order chi connectivity index (χ0) is 26.0. The summed E-state index contributed by atoms with van der Waals surface area (Å²) in [7, 11) is 0. The van der Waals surface area contributed by atoms with Crippen molar-refractivity contribution in [1.29, 1.82) is 0 Å². The lowest BCUT2D eigenvalue weighted by molar-refractivity contribution is -0.126. The Morgan fingerprint density at radius 2 is 1.40 bits per heavy atom. The molecule has 0 aliphatic rings. The molecule has 0 saturated heterocycles. The maximum absolute atomic E-state index is 13.3. The fourth-order valence-electron chi connectivity index (χ4n) is 3.02. The molecule has 1 unspecified atom stereocenters. The van der Waals surface area contributed by atoms with Gasteiger partial charge in [-0.3, -0.25) is 9.59 Å². The number of carbonyl (C=O) groups excluding carboxylic acids is 2. The summed E-state index contributed by atoms with van der Waals surface area (Å²) in [5.74, 6) is -0.00576. The van der Waals surface area contributed by atoms with Crippen molar-refractivity contribution in [3.05, 3.63) is 35.4 Å². The number of hydrogen-bond donors (Lipinski definition) is 0. The number of para-hydroxylation sites is 1. The normalized spacial score (nSPS) is 11.7. The number of rotatable bonds is 13. The van der Waals surface area contributed by atoms with Crippen LogP contribution >= 0.6 is 23.4 Å². The highest BCUT2D eigenvalue weighted by atomic mass is 35.5. The van der Waals surface area contributed by atoms with Gasteiger partial charge in [0.2, 0.25) is 6.04 Å². The first-order valence-electron chi connectivity index (χ1n) is 11.2. The average molecular weight is 526 g/mol. The van der Waals surface area contributed by atoms with Crippen LogP contribution in [0.2, 0.25) is 5.02 Å². The number of amides is 1. The maximum atomic E-state index is 13.3. The van der Waals surface area contributed by atoms with Gasteiger partial charge in [-0.15, -0.1) is 0 Å². The molecule has 2 aromatic rings. The molecule has 11 heteroatoms. The number of carbonyl (C=O) groups is 2. The Kier molecular flexibility index (Phi) is 11.1. The maximum Gasteiger partial charge on any atom is 0.276 e. The molecule has 0 aliphatic carbocycles. The Hall–Kier alpha value is -3.04. The number of nitrogens with zero attached hydrogens (tertiary/aromatic N) is 3. The molecule has 0 heterocycles. The van der Waals surface area contributed by atoms with Crippen LogP contribution in [0.25, 0.3) is 0 Å². The zero-order valence-corrected chi connectivity index (χ0v) is 21.9.